The quantitative estimate of drug-likeness (QED) is 0.440. The first-order valence-electron chi connectivity index (χ1n) is 3.66. The van der Waals surface area contributed by atoms with E-state index in [2.05, 4.69) is 0 Å². The molecule has 11 heavy (non-hydrogen) atoms. The van der Waals surface area contributed by atoms with Crippen LogP contribution in [-0.4, -0.2) is 12.3 Å². The summed E-state index contributed by atoms with van der Waals surface area (Å²) in [5.41, 5.74) is 0. The molecule has 0 spiro atoms. The Labute approximate surface area is 63.6 Å². The summed E-state index contributed by atoms with van der Waals surface area (Å²) in [6.45, 7) is 1.83. The minimum Gasteiger partial charge on any atom is -0.204 e. The number of halogens is 4. The van der Waals surface area contributed by atoms with Gasteiger partial charge in [-0.3, -0.25) is 0 Å². The van der Waals surface area contributed by atoms with Crippen molar-refractivity contribution in [2.75, 3.05) is 0 Å². The second kappa shape index (κ2) is 4.57. The molecule has 0 aliphatic carbocycles. The summed E-state index contributed by atoms with van der Waals surface area (Å²) in [6.07, 6.45) is -2.69. The first-order chi connectivity index (χ1) is 5.00. The molecule has 0 radical (unpaired) electrons. The van der Waals surface area contributed by atoms with Crippen LogP contribution >= 0.6 is 0 Å². The molecule has 0 fully saturated rings. The highest BCUT2D eigenvalue weighted by Crippen LogP contribution is 2.28. The van der Waals surface area contributed by atoms with Crippen molar-refractivity contribution in [2.45, 2.75) is 45.0 Å². The van der Waals surface area contributed by atoms with Gasteiger partial charge in [-0.15, -0.1) is 0 Å². The summed E-state index contributed by atoms with van der Waals surface area (Å²) in [5, 5.41) is 0. The zero-order valence-corrected chi connectivity index (χ0v) is 6.42. The SMILES string of the molecule is CCCCCC(F)(F)C(F)F. The van der Waals surface area contributed by atoms with Crippen molar-refractivity contribution in [2.24, 2.45) is 0 Å². The van der Waals surface area contributed by atoms with E-state index < -0.39 is 18.8 Å². The fourth-order valence-electron chi connectivity index (χ4n) is 0.720. The van der Waals surface area contributed by atoms with Crippen molar-refractivity contribution in [3.05, 3.63) is 0 Å². The monoisotopic (exact) mass is 172 g/mol. The van der Waals surface area contributed by atoms with Gasteiger partial charge in [0.2, 0.25) is 0 Å². The average molecular weight is 172 g/mol. The summed E-state index contributed by atoms with van der Waals surface area (Å²) in [6, 6.07) is 0. The van der Waals surface area contributed by atoms with Gasteiger partial charge in [-0.25, -0.2) is 17.6 Å². The summed E-state index contributed by atoms with van der Waals surface area (Å²) in [4.78, 5) is 0. The van der Waals surface area contributed by atoms with Gasteiger partial charge < -0.3 is 0 Å². The standard InChI is InChI=1S/C7H12F4/c1-2-3-4-5-7(10,11)6(8)9/h6H,2-5H2,1H3. The smallest absolute Gasteiger partial charge is 0.204 e. The largest absolute Gasteiger partial charge is 0.307 e. The van der Waals surface area contributed by atoms with Gasteiger partial charge in [0.15, 0.2) is 0 Å². The maximum atomic E-state index is 12.1. The molecular formula is C7H12F4. The topological polar surface area (TPSA) is 0 Å². The Kier molecular flexibility index (Phi) is 4.45. The Morgan fingerprint density at radius 2 is 1.73 bits per heavy atom. The van der Waals surface area contributed by atoms with Crippen LogP contribution in [0.15, 0.2) is 0 Å². The summed E-state index contributed by atoms with van der Waals surface area (Å²) >= 11 is 0. The van der Waals surface area contributed by atoms with Crippen molar-refractivity contribution >= 4 is 0 Å². The Morgan fingerprint density at radius 1 is 1.18 bits per heavy atom. The van der Waals surface area contributed by atoms with Gasteiger partial charge in [-0.05, 0) is 6.42 Å². The van der Waals surface area contributed by atoms with Crippen molar-refractivity contribution in [1.29, 1.82) is 0 Å². The maximum absolute atomic E-state index is 12.1. The first kappa shape index (κ1) is 10.7. The molecule has 0 aromatic rings. The lowest BCUT2D eigenvalue weighted by atomic mass is 10.1. The van der Waals surface area contributed by atoms with Crippen LogP contribution in [0.1, 0.15) is 32.6 Å². The van der Waals surface area contributed by atoms with E-state index in [1.54, 1.807) is 0 Å². The highest BCUT2D eigenvalue weighted by molar-refractivity contribution is 4.68. The molecule has 0 bridgehead atoms. The second-order valence-corrected chi connectivity index (χ2v) is 2.52. The third-order valence-corrected chi connectivity index (χ3v) is 1.43. The third-order valence-electron chi connectivity index (χ3n) is 1.43. The number of rotatable bonds is 5. The number of hydrogen-bond acceptors (Lipinski definition) is 0. The van der Waals surface area contributed by atoms with E-state index in [4.69, 9.17) is 0 Å². The van der Waals surface area contributed by atoms with Crippen LogP contribution in [0.5, 0.6) is 0 Å². The minimum atomic E-state index is -3.78. The Morgan fingerprint density at radius 3 is 2.09 bits per heavy atom. The number of unbranched alkanes of at least 4 members (excludes halogenated alkanes) is 2. The fourth-order valence-corrected chi connectivity index (χ4v) is 0.720. The molecule has 0 N–H and O–H groups in total. The highest BCUT2D eigenvalue weighted by atomic mass is 19.3. The van der Waals surface area contributed by atoms with Gasteiger partial charge in [-0.1, -0.05) is 19.8 Å². The van der Waals surface area contributed by atoms with Crippen molar-refractivity contribution in [3.63, 3.8) is 0 Å². The molecule has 0 nitrogen and oxygen atoms in total. The van der Waals surface area contributed by atoms with E-state index in [9.17, 15) is 17.6 Å². The zero-order valence-electron chi connectivity index (χ0n) is 6.42. The lowest BCUT2D eigenvalue weighted by Gasteiger charge is -2.13. The van der Waals surface area contributed by atoms with Crippen molar-refractivity contribution in [1.82, 2.24) is 0 Å². The van der Waals surface area contributed by atoms with Gasteiger partial charge in [0.1, 0.15) is 0 Å². The van der Waals surface area contributed by atoms with Gasteiger partial charge in [0.25, 0.3) is 0 Å². The van der Waals surface area contributed by atoms with E-state index in [-0.39, 0.29) is 6.42 Å². The van der Waals surface area contributed by atoms with Crippen LogP contribution < -0.4 is 0 Å². The summed E-state index contributed by atoms with van der Waals surface area (Å²) in [7, 11) is 0. The van der Waals surface area contributed by atoms with Gasteiger partial charge in [0.05, 0.1) is 0 Å². The lowest BCUT2D eigenvalue weighted by molar-refractivity contribution is -0.133. The van der Waals surface area contributed by atoms with Crippen LogP contribution in [0.25, 0.3) is 0 Å². The summed E-state index contributed by atoms with van der Waals surface area (Å²) < 4.78 is 47.2. The van der Waals surface area contributed by atoms with E-state index in [0.29, 0.717) is 6.42 Å². The molecule has 68 valence electrons. The van der Waals surface area contributed by atoms with Crippen LogP contribution in [-0.2, 0) is 0 Å². The minimum absolute atomic E-state index is 0.174. The molecule has 0 saturated carbocycles. The van der Waals surface area contributed by atoms with E-state index >= 15 is 0 Å². The third kappa shape index (κ3) is 4.22. The summed E-state index contributed by atoms with van der Waals surface area (Å²) in [5.74, 6) is -3.78. The first-order valence-corrected chi connectivity index (χ1v) is 3.66. The number of alkyl halides is 4. The van der Waals surface area contributed by atoms with Gasteiger partial charge >= 0.3 is 12.3 Å². The molecule has 4 heteroatoms. The maximum Gasteiger partial charge on any atom is 0.307 e. The molecule has 0 saturated heterocycles. The molecule has 0 amide bonds. The molecule has 0 aliphatic heterocycles. The molecule has 0 aromatic heterocycles. The van der Waals surface area contributed by atoms with Crippen LogP contribution in [0, 0.1) is 0 Å². The predicted molar refractivity (Wildman–Crippen MR) is 35.1 cm³/mol. The molecule has 0 rings (SSSR count). The second-order valence-electron chi connectivity index (χ2n) is 2.52. The van der Waals surface area contributed by atoms with E-state index in [0.717, 1.165) is 6.42 Å². The van der Waals surface area contributed by atoms with Gasteiger partial charge in [-0.2, -0.15) is 0 Å². The van der Waals surface area contributed by atoms with Gasteiger partial charge in [0, 0.05) is 6.42 Å². The van der Waals surface area contributed by atoms with Crippen molar-refractivity contribution in [3.8, 4) is 0 Å². The Hall–Kier alpha value is -0.280. The molecular weight excluding hydrogens is 160 g/mol. The van der Waals surface area contributed by atoms with Crippen LogP contribution in [0.2, 0.25) is 0 Å². The zero-order chi connectivity index (χ0) is 8.91. The molecule has 0 aromatic carbocycles. The fraction of sp³-hybridized carbons (Fsp3) is 1.00. The Bertz CT molecular complexity index is 101. The van der Waals surface area contributed by atoms with E-state index in [1.807, 2.05) is 6.92 Å². The van der Waals surface area contributed by atoms with Crippen LogP contribution in [0.3, 0.4) is 0 Å². The highest BCUT2D eigenvalue weighted by Gasteiger charge is 2.39. The molecule has 0 unspecified atom stereocenters. The van der Waals surface area contributed by atoms with Crippen LogP contribution in [0.4, 0.5) is 17.6 Å². The van der Waals surface area contributed by atoms with Crippen molar-refractivity contribution < 1.29 is 17.6 Å². The normalized spacial score (nSPS) is 12.5. The molecule has 0 atom stereocenters. The number of hydrogen-bond donors (Lipinski definition) is 0. The average Bonchev–Trinajstić information content (AvgIpc) is 1.88. The van der Waals surface area contributed by atoms with E-state index in [1.165, 1.54) is 0 Å². The predicted octanol–water partition coefficient (Wildman–Crippen LogP) is 3.47. The Balaban J connectivity index is 3.55. The molecule has 0 aliphatic rings. The lowest BCUT2D eigenvalue weighted by Crippen LogP contribution is -2.25. The molecule has 0 heterocycles.